The molecule has 0 bridgehead atoms. The first-order valence-electron chi connectivity index (χ1n) is 6.62. The monoisotopic (exact) mass is 350 g/mol. The number of benzene rings is 2. The molecule has 3 aromatic rings. The highest BCUT2D eigenvalue weighted by Crippen LogP contribution is 2.35. The zero-order valence-electron chi connectivity index (χ0n) is 11.8. The van der Waals surface area contributed by atoms with Gasteiger partial charge in [0.1, 0.15) is 11.5 Å². The molecule has 24 heavy (non-hydrogen) atoms. The Kier molecular flexibility index (Phi) is 4.17. The van der Waals surface area contributed by atoms with E-state index in [1.807, 2.05) is 0 Å². The van der Waals surface area contributed by atoms with Gasteiger partial charge < -0.3 is 15.4 Å². The lowest BCUT2D eigenvalue weighted by Crippen LogP contribution is -2.09. The second-order valence-corrected chi connectivity index (χ2v) is 5.13. The molecule has 0 saturated carbocycles. The lowest BCUT2D eigenvalue weighted by atomic mass is 10.2. The van der Waals surface area contributed by atoms with E-state index in [1.165, 1.54) is 0 Å². The fourth-order valence-corrected chi connectivity index (χ4v) is 2.25. The Labute approximate surface area is 138 Å². The summed E-state index contributed by atoms with van der Waals surface area (Å²) in [6.07, 6.45) is 0. The number of azo groups is 1. The SMILES string of the molecule is Oc1[nH]c2ccccc2c1N=NC(=S)Nc1c(F)cc(F)cc1F. The molecule has 0 atom stereocenters. The summed E-state index contributed by atoms with van der Waals surface area (Å²) in [5.74, 6) is -3.58. The van der Waals surface area contributed by atoms with Crippen molar-refractivity contribution in [1.29, 1.82) is 0 Å². The molecule has 2 aromatic carbocycles. The molecule has 0 aliphatic carbocycles. The summed E-state index contributed by atoms with van der Waals surface area (Å²) in [6, 6.07) is 7.97. The number of aromatic amines is 1. The predicted molar refractivity (Wildman–Crippen MR) is 87.0 cm³/mol. The van der Waals surface area contributed by atoms with Crippen molar-refractivity contribution in [2.45, 2.75) is 0 Å². The number of hydrogen-bond acceptors (Lipinski definition) is 3. The first-order chi connectivity index (χ1) is 11.5. The number of H-pyrrole nitrogens is 1. The number of thiocarbonyl (C=S) groups is 1. The number of nitrogens with one attached hydrogen (secondary N) is 2. The molecule has 0 spiro atoms. The van der Waals surface area contributed by atoms with Crippen molar-refractivity contribution < 1.29 is 18.3 Å². The number of halogens is 3. The van der Waals surface area contributed by atoms with Gasteiger partial charge in [-0.2, -0.15) is 0 Å². The summed E-state index contributed by atoms with van der Waals surface area (Å²) in [5, 5.41) is 19.7. The van der Waals surface area contributed by atoms with Crippen LogP contribution in [0.25, 0.3) is 10.9 Å². The minimum absolute atomic E-state index is 0.134. The van der Waals surface area contributed by atoms with E-state index in [9.17, 15) is 18.3 Å². The van der Waals surface area contributed by atoms with Gasteiger partial charge in [-0.3, -0.25) is 0 Å². The van der Waals surface area contributed by atoms with Crippen molar-refractivity contribution in [3.63, 3.8) is 0 Å². The summed E-state index contributed by atoms with van der Waals surface area (Å²) >= 11 is 4.84. The predicted octanol–water partition coefficient (Wildman–Crippen LogP) is 4.77. The third-order valence-electron chi connectivity index (χ3n) is 3.14. The molecule has 122 valence electrons. The molecule has 5 nitrogen and oxygen atoms in total. The Balaban J connectivity index is 1.84. The van der Waals surface area contributed by atoms with E-state index in [0.29, 0.717) is 23.0 Å². The van der Waals surface area contributed by atoms with E-state index >= 15 is 0 Å². The number of aromatic nitrogens is 1. The molecule has 0 fully saturated rings. The van der Waals surface area contributed by atoms with Crippen molar-refractivity contribution in [2.24, 2.45) is 10.2 Å². The van der Waals surface area contributed by atoms with Crippen LogP contribution in [0, 0.1) is 17.5 Å². The topological polar surface area (TPSA) is 72.8 Å². The van der Waals surface area contributed by atoms with Crippen LogP contribution < -0.4 is 5.32 Å². The van der Waals surface area contributed by atoms with Crippen LogP contribution >= 0.6 is 12.2 Å². The summed E-state index contributed by atoms with van der Waals surface area (Å²) in [4.78, 5) is 2.70. The number of hydrogen-bond donors (Lipinski definition) is 3. The average Bonchev–Trinajstić information content (AvgIpc) is 2.84. The van der Waals surface area contributed by atoms with Gasteiger partial charge in [-0.15, -0.1) is 10.2 Å². The van der Waals surface area contributed by atoms with E-state index in [4.69, 9.17) is 12.2 Å². The van der Waals surface area contributed by atoms with Crippen LogP contribution in [0.5, 0.6) is 5.88 Å². The van der Waals surface area contributed by atoms with Crippen molar-refractivity contribution in [3.05, 3.63) is 53.8 Å². The first-order valence-corrected chi connectivity index (χ1v) is 7.03. The lowest BCUT2D eigenvalue weighted by Gasteiger charge is -2.06. The van der Waals surface area contributed by atoms with Gasteiger partial charge >= 0.3 is 0 Å². The highest BCUT2D eigenvalue weighted by molar-refractivity contribution is 7.80. The second-order valence-electron chi connectivity index (χ2n) is 4.74. The maximum Gasteiger partial charge on any atom is 0.218 e. The van der Waals surface area contributed by atoms with Gasteiger partial charge in [-0.25, -0.2) is 13.2 Å². The van der Waals surface area contributed by atoms with E-state index < -0.39 is 23.1 Å². The van der Waals surface area contributed by atoms with Crippen molar-refractivity contribution in [3.8, 4) is 5.88 Å². The Bertz CT molecular complexity index is 948. The van der Waals surface area contributed by atoms with Gasteiger partial charge in [-0.1, -0.05) is 18.2 Å². The molecule has 1 aromatic heterocycles. The molecule has 0 unspecified atom stereocenters. The molecule has 0 saturated heterocycles. The van der Waals surface area contributed by atoms with Crippen molar-refractivity contribution in [2.75, 3.05) is 5.32 Å². The summed E-state index contributed by atoms with van der Waals surface area (Å²) in [6.45, 7) is 0. The van der Waals surface area contributed by atoms with E-state index in [-0.39, 0.29) is 16.7 Å². The quantitative estimate of drug-likeness (QED) is 0.460. The molecule has 0 amide bonds. The van der Waals surface area contributed by atoms with E-state index in [1.54, 1.807) is 24.3 Å². The van der Waals surface area contributed by atoms with Gasteiger partial charge in [0, 0.05) is 17.5 Å². The molecule has 9 heteroatoms. The van der Waals surface area contributed by atoms with Gasteiger partial charge in [0.05, 0.1) is 5.52 Å². The van der Waals surface area contributed by atoms with Crippen LogP contribution in [0.15, 0.2) is 46.6 Å². The minimum atomic E-state index is -1.15. The van der Waals surface area contributed by atoms with E-state index in [0.717, 1.165) is 0 Å². The minimum Gasteiger partial charge on any atom is -0.493 e. The maximum absolute atomic E-state index is 13.5. The number of rotatable bonds is 2. The molecule has 0 radical (unpaired) electrons. The van der Waals surface area contributed by atoms with E-state index in [2.05, 4.69) is 20.5 Å². The largest absolute Gasteiger partial charge is 0.493 e. The van der Waals surface area contributed by atoms with Gasteiger partial charge in [0.2, 0.25) is 11.0 Å². The zero-order chi connectivity index (χ0) is 17.3. The maximum atomic E-state index is 13.5. The second kappa shape index (κ2) is 6.28. The molecule has 3 N–H and O–H groups in total. The normalized spacial score (nSPS) is 11.3. The van der Waals surface area contributed by atoms with Gasteiger partial charge in [0.15, 0.2) is 17.3 Å². The molecule has 1 heterocycles. The van der Waals surface area contributed by atoms with Crippen molar-refractivity contribution in [1.82, 2.24) is 4.98 Å². The fourth-order valence-electron chi connectivity index (χ4n) is 2.10. The van der Waals surface area contributed by atoms with Crippen LogP contribution in [0.4, 0.5) is 24.5 Å². The zero-order valence-corrected chi connectivity index (χ0v) is 12.7. The smallest absolute Gasteiger partial charge is 0.218 e. The molecule has 0 aliphatic heterocycles. The standard InChI is InChI=1S/C15H9F3N4OS/c16-7-5-9(17)13(10(18)6-7)20-15(24)22-21-12-8-3-1-2-4-11(8)19-14(12)23/h1-6,19,23H,(H,20,24). The number of anilines is 1. The number of fused-ring (bicyclic) bond motifs is 1. The third-order valence-corrected chi connectivity index (χ3v) is 3.32. The molecular weight excluding hydrogens is 341 g/mol. The highest BCUT2D eigenvalue weighted by Gasteiger charge is 2.13. The summed E-state index contributed by atoms with van der Waals surface area (Å²) in [7, 11) is 0. The third kappa shape index (κ3) is 3.06. The summed E-state index contributed by atoms with van der Waals surface area (Å²) < 4.78 is 39.9. The molecule has 0 aliphatic rings. The van der Waals surface area contributed by atoms with Gasteiger partial charge in [-0.05, 0) is 18.3 Å². The van der Waals surface area contributed by atoms with Crippen LogP contribution in [0.3, 0.4) is 0 Å². The average molecular weight is 350 g/mol. The number of aromatic hydroxyl groups is 1. The van der Waals surface area contributed by atoms with Crippen molar-refractivity contribution >= 4 is 39.6 Å². The van der Waals surface area contributed by atoms with Crippen LogP contribution in [0.1, 0.15) is 0 Å². The Morgan fingerprint density at radius 2 is 1.79 bits per heavy atom. The molecule has 3 rings (SSSR count). The molecular formula is C15H9F3N4OS. The Hall–Kier alpha value is -2.94. The van der Waals surface area contributed by atoms with Crippen LogP contribution in [-0.4, -0.2) is 15.2 Å². The van der Waals surface area contributed by atoms with Crippen LogP contribution in [0.2, 0.25) is 0 Å². The lowest BCUT2D eigenvalue weighted by molar-refractivity contribution is 0.459. The Morgan fingerprint density at radius 3 is 2.50 bits per heavy atom. The summed E-state index contributed by atoms with van der Waals surface area (Å²) in [5.41, 5.74) is 0.136. The number of nitrogens with zero attached hydrogens (tertiary/aromatic N) is 2. The first kappa shape index (κ1) is 15.9. The Morgan fingerprint density at radius 1 is 1.12 bits per heavy atom. The number of para-hydroxylation sites is 1. The fraction of sp³-hybridized carbons (Fsp3) is 0. The van der Waals surface area contributed by atoms with Crippen LogP contribution in [-0.2, 0) is 0 Å². The van der Waals surface area contributed by atoms with Gasteiger partial charge in [0.25, 0.3) is 0 Å². The highest BCUT2D eigenvalue weighted by atomic mass is 32.1.